The zero-order valence-electron chi connectivity index (χ0n) is 25.3. The van der Waals surface area contributed by atoms with Crippen molar-refractivity contribution in [2.24, 2.45) is 0 Å². The van der Waals surface area contributed by atoms with Gasteiger partial charge >= 0.3 is 0 Å². The SMILES string of the molecule is Cc1ccc(S(=O)(=O)N2CCNC(=O)C2CC(=O)N[C@@H]2CCCc3cc(-c4cccc(CNC5CCCC5)c4)ccc32)cc1. The minimum Gasteiger partial charge on any atom is -0.353 e. The Morgan fingerprint density at radius 1 is 0.955 bits per heavy atom. The van der Waals surface area contributed by atoms with Gasteiger partial charge < -0.3 is 16.0 Å². The second-order valence-electron chi connectivity index (χ2n) is 12.4. The van der Waals surface area contributed by atoms with Gasteiger partial charge in [0, 0.05) is 25.7 Å². The van der Waals surface area contributed by atoms with E-state index >= 15 is 0 Å². The summed E-state index contributed by atoms with van der Waals surface area (Å²) in [6.45, 7) is 3.09. The Bertz CT molecular complexity index is 1620. The summed E-state index contributed by atoms with van der Waals surface area (Å²) in [7, 11) is -3.94. The first-order valence-electron chi connectivity index (χ1n) is 15.9. The molecule has 0 radical (unpaired) electrons. The van der Waals surface area contributed by atoms with Gasteiger partial charge in [-0.1, -0.05) is 66.9 Å². The van der Waals surface area contributed by atoms with E-state index in [1.54, 1.807) is 24.3 Å². The van der Waals surface area contributed by atoms with Crippen LogP contribution in [0.5, 0.6) is 0 Å². The Labute approximate surface area is 260 Å². The van der Waals surface area contributed by atoms with Crippen LogP contribution in [0.15, 0.2) is 71.6 Å². The number of rotatable bonds is 9. The number of piperazine rings is 1. The minimum absolute atomic E-state index is 0.118. The lowest BCUT2D eigenvalue weighted by molar-refractivity contribution is -0.132. The molecule has 1 unspecified atom stereocenters. The highest BCUT2D eigenvalue weighted by atomic mass is 32.2. The number of carbonyl (C=O) groups excluding carboxylic acids is 2. The maximum Gasteiger partial charge on any atom is 0.243 e. The molecule has 1 heterocycles. The maximum atomic E-state index is 13.5. The Morgan fingerprint density at radius 2 is 1.73 bits per heavy atom. The maximum absolute atomic E-state index is 13.5. The van der Waals surface area contributed by atoms with Crippen LogP contribution in [-0.2, 0) is 32.6 Å². The van der Waals surface area contributed by atoms with E-state index in [1.165, 1.54) is 46.7 Å². The molecule has 3 N–H and O–H groups in total. The monoisotopic (exact) mass is 614 g/mol. The van der Waals surface area contributed by atoms with Crippen LogP contribution in [0.1, 0.15) is 73.2 Å². The number of carbonyl (C=O) groups is 2. The molecule has 1 saturated carbocycles. The average molecular weight is 615 g/mol. The van der Waals surface area contributed by atoms with Crippen molar-refractivity contribution in [1.29, 1.82) is 0 Å². The summed E-state index contributed by atoms with van der Waals surface area (Å²) >= 11 is 0. The van der Waals surface area contributed by atoms with Crippen molar-refractivity contribution in [2.75, 3.05) is 13.1 Å². The lowest BCUT2D eigenvalue weighted by atomic mass is 9.85. The van der Waals surface area contributed by atoms with E-state index in [-0.39, 0.29) is 36.4 Å². The van der Waals surface area contributed by atoms with Gasteiger partial charge in [-0.3, -0.25) is 9.59 Å². The Morgan fingerprint density at radius 3 is 2.52 bits per heavy atom. The van der Waals surface area contributed by atoms with Gasteiger partial charge in [0.25, 0.3) is 0 Å². The van der Waals surface area contributed by atoms with E-state index in [2.05, 4.69) is 58.4 Å². The highest BCUT2D eigenvalue weighted by Gasteiger charge is 2.40. The molecule has 6 rings (SSSR count). The zero-order valence-corrected chi connectivity index (χ0v) is 26.2. The number of nitrogens with zero attached hydrogens (tertiary/aromatic N) is 1. The van der Waals surface area contributed by atoms with E-state index in [1.807, 2.05) is 6.92 Å². The summed E-state index contributed by atoms with van der Waals surface area (Å²) in [4.78, 5) is 26.3. The molecule has 2 fully saturated rings. The van der Waals surface area contributed by atoms with E-state index in [9.17, 15) is 18.0 Å². The predicted molar refractivity (Wildman–Crippen MR) is 171 cm³/mol. The van der Waals surface area contributed by atoms with Gasteiger partial charge in [0.2, 0.25) is 21.8 Å². The molecule has 0 aromatic heterocycles. The number of benzene rings is 3. The fraction of sp³-hybridized carbons (Fsp3) is 0.429. The lowest BCUT2D eigenvalue weighted by Crippen LogP contribution is -2.58. The van der Waals surface area contributed by atoms with Crippen molar-refractivity contribution in [2.45, 2.75) is 87.9 Å². The van der Waals surface area contributed by atoms with Gasteiger partial charge in [-0.15, -0.1) is 0 Å². The molecule has 2 amide bonds. The third kappa shape index (κ3) is 6.75. The van der Waals surface area contributed by atoms with Gasteiger partial charge in [0.15, 0.2) is 0 Å². The van der Waals surface area contributed by atoms with Crippen LogP contribution in [-0.4, -0.2) is 49.7 Å². The average Bonchev–Trinajstić information content (AvgIpc) is 3.55. The first-order chi connectivity index (χ1) is 21.3. The van der Waals surface area contributed by atoms with Crippen molar-refractivity contribution in [3.8, 4) is 11.1 Å². The Hall–Kier alpha value is -3.53. The molecule has 44 heavy (non-hydrogen) atoms. The van der Waals surface area contributed by atoms with Gasteiger partial charge in [0.05, 0.1) is 17.4 Å². The Balaban J connectivity index is 1.14. The number of hydrogen-bond donors (Lipinski definition) is 3. The normalized spacial score (nSPS) is 21.1. The molecule has 0 bridgehead atoms. The van der Waals surface area contributed by atoms with Gasteiger partial charge in [-0.2, -0.15) is 4.31 Å². The second kappa shape index (κ2) is 13.2. The summed E-state index contributed by atoms with van der Waals surface area (Å²) in [5, 5.41) is 9.57. The van der Waals surface area contributed by atoms with Crippen LogP contribution in [0, 0.1) is 6.92 Å². The number of sulfonamides is 1. The van der Waals surface area contributed by atoms with Gasteiger partial charge in [-0.25, -0.2) is 8.42 Å². The molecule has 1 saturated heterocycles. The van der Waals surface area contributed by atoms with Gasteiger partial charge in [0.1, 0.15) is 6.04 Å². The molecule has 3 aliphatic rings. The quantitative estimate of drug-likeness (QED) is 0.322. The van der Waals surface area contributed by atoms with Crippen molar-refractivity contribution in [3.05, 3.63) is 89.0 Å². The smallest absolute Gasteiger partial charge is 0.243 e. The standard InChI is InChI=1S/C35H42N4O4S/c1-24-12-15-30(16-13-24)44(42,43)39-19-18-36-35(41)33(39)22-34(40)38-32-11-5-8-28-21-27(14-17-31(28)32)26-7-4-6-25(20-26)23-37-29-9-2-3-10-29/h4,6-7,12-17,20-21,29,32-33,37H,2-3,5,8-11,18-19,22-23H2,1H3,(H,36,41)(H,38,40)/t32-,33?/m1/s1. The lowest BCUT2D eigenvalue weighted by Gasteiger charge is -2.34. The summed E-state index contributed by atoms with van der Waals surface area (Å²) in [5.74, 6) is -0.781. The molecule has 232 valence electrons. The van der Waals surface area contributed by atoms with Crippen molar-refractivity contribution >= 4 is 21.8 Å². The van der Waals surface area contributed by atoms with Crippen molar-refractivity contribution < 1.29 is 18.0 Å². The van der Waals surface area contributed by atoms with E-state index in [0.29, 0.717) is 6.04 Å². The molecule has 3 aromatic carbocycles. The first-order valence-corrected chi connectivity index (χ1v) is 17.3. The topological polar surface area (TPSA) is 108 Å². The number of fused-ring (bicyclic) bond motifs is 1. The predicted octanol–water partition coefficient (Wildman–Crippen LogP) is 4.77. The molecular weight excluding hydrogens is 572 g/mol. The minimum atomic E-state index is -3.94. The molecule has 3 aromatic rings. The summed E-state index contributed by atoms with van der Waals surface area (Å²) in [6, 6.07) is 21.1. The van der Waals surface area contributed by atoms with Crippen LogP contribution in [0.4, 0.5) is 0 Å². The zero-order chi connectivity index (χ0) is 30.7. The largest absolute Gasteiger partial charge is 0.353 e. The molecule has 1 aliphatic heterocycles. The van der Waals surface area contributed by atoms with Crippen molar-refractivity contribution in [1.82, 2.24) is 20.3 Å². The van der Waals surface area contributed by atoms with Crippen LogP contribution >= 0.6 is 0 Å². The summed E-state index contributed by atoms with van der Waals surface area (Å²) in [5.41, 5.74) is 6.87. The summed E-state index contributed by atoms with van der Waals surface area (Å²) in [6.07, 6.45) is 7.60. The van der Waals surface area contributed by atoms with Crippen molar-refractivity contribution in [3.63, 3.8) is 0 Å². The van der Waals surface area contributed by atoms with E-state index in [4.69, 9.17) is 0 Å². The van der Waals surface area contributed by atoms with Gasteiger partial charge in [-0.05, 0) is 85.0 Å². The third-order valence-electron chi connectivity index (χ3n) is 9.29. The molecule has 0 spiro atoms. The highest BCUT2D eigenvalue weighted by molar-refractivity contribution is 7.89. The Kier molecular flexibility index (Phi) is 9.16. The fourth-order valence-electron chi connectivity index (χ4n) is 6.85. The number of hydrogen-bond acceptors (Lipinski definition) is 5. The molecule has 8 nitrogen and oxygen atoms in total. The molecule has 2 aliphatic carbocycles. The fourth-order valence-corrected chi connectivity index (χ4v) is 8.43. The molecule has 2 atom stereocenters. The molecule has 9 heteroatoms. The first kappa shape index (κ1) is 30.5. The third-order valence-corrected chi connectivity index (χ3v) is 11.2. The van der Waals surface area contributed by atoms with Crippen LogP contribution in [0.2, 0.25) is 0 Å². The summed E-state index contributed by atoms with van der Waals surface area (Å²) < 4.78 is 28.1. The van der Waals surface area contributed by atoms with Crippen LogP contribution < -0.4 is 16.0 Å². The van der Waals surface area contributed by atoms with E-state index < -0.39 is 22.0 Å². The second-order valence-corrected chi connectivity index (χ2v) is 14.3. The number of amides is 2. The molecular formula is C35H42N4O4S. The number of aryl methyl sites for hydroxylation is 2. The van der Waals surface area contributed by atoms with Crippen LogP contribution in [0.25, 0.3) is 11.1 Å². The van der Waals surface area contributed by atoms with Crippen LogP contribution in [0.3, 0.4) is 0 Å². The number of nitrogens with one attached hydrogen (secondary N) is 3. The van der Waals surface area contributed by atoms with E-state index in [0.717, 1.165) is 42.5 Å². The highest BCUT2D eigenvalue weighted by Crippen LogP contribution is 2.34.